The number of halogens is 1. The van der Waals surface area contributed by atoms with E-state index in [2.05, 4.69) is 0 Å². The third-order valence-corrected chi connectivity index (χ3v) is 3.23. The van der Waals surface area contributed by atoms with Crippen LogP contribution in [0.25, 0.3) is 0 Å². The van der Waals surface area contributed by atoms with Gasteiger partial charge in [-0.15, -0.1) is 0 Å². The van der Waals surface area contributed by atoms with Crippen LogP contribution in [-0.4, -0.2) is 6.61 Å². The zero-order valence-electron chi connectivity index (χ0n) is 11.4. The van der Waals surface area contributed by atoms with E-state index in [4.69, 9.17) is 26.8 Å². The molecule has 0 amide bonds. The van der Waals surface area contributed by atoms with Gasteiger partial charge in [0, 0.05) is 16.3 Å². The lowest BCUT2D eigenvalue weighted by atomic mass is 10.2. The van der Waals surface area contributed by atoms with Crippen LogP contribution in [-0.2, 0) is 18.0 Å². The van der Waals surface area contributed by atoms with Gasteiger partial charge in [0.15, 0.2) is 0 Å². The van der Waals surface area contributed by atoms with Gasteiger partial charge >= 0.3 is 0 Å². The average Bonchev–Trinajstić information content (AvgIpc) is 2.44. The van der Waals surface area contributed by atoms with Crippen molar-refractivity contribution in [1.29, 1.82) is 0 Å². The van der Waals surface area contributed by atoms with E-state index in [0.29, 0.717) is 30.5 Å². The average molecular weight is 292 g/mol. The van der Waals surface area contributed by atoms with E-state index in [1.54, 1.807) is 0 Å². The second-order valence-corrected chi connectivity index (χ2v) is 4.79. The van der Waals surface area contributed by atoms with E-state index in [9.17, 15) is 0 Å². The maximum Gasteiger partial charge on any atom is 0.124 e. The Morgan fingerprint density at radius 3 is 2.55 bits per heavy atom. The highest BCUT2D eigenvalue weighted by Gasteiger charge is 2.05. The number of benzene rings is 2. The van der Waals surface area contributed by atoms with Crippen LogP contribution in [0.2, 0.25) is 5.02 Å². The molecule has 0 aliphatic carbocycles. The predicted molar refractivity (Wildman–Crippen MR) is 82.0 cm³/mol. The fourth-order valence-electron chi connectivity index (χ4n) is 1.89. The third-order valence-electron chi connectivity index (χ3n) is 2.86. The first-order valence-electron chi connectivity index (χ1n) is 6.53. The van der Waals surface area contributed by atoms with E-state index < -0.39 is 0 Å². The summed E-state index contributed by atoms with van der Waals surface area (Å²) in [4.78, 5) is 0. The normalized spacial score (nSPS) is 10.5. The van der Waals surface area contributed by atoms with E-state index >= 15 is 0 Å². The van der Waals surface area contributed by atoms with E-state index in [-0.39, 0.29) is 0 Å². The highest BCUT2D eigenvalue weighted by atomic mass is 35.5. The maximum absolute atomic E-state index is 6.09. The van der Waals surface area contributed by atoms with Crippen LogP contribution >= 0.6 is 11.6 Å². The molecule has 2 N–H and O–H groups in total. The van der Waals surface area contributed by atoms with Crippen molar-refractivity contribution in [2.75, 3.05) is 12.3 Å². The van der Waals surface area contributed by atoms with Gasteiger partial charge in [0.2, 0.25) is 0 Å². The number of hydrogen-bond acceptors (Lipinski definition) is 3. The van der Waals surface area contributed by atoms with Gasteiger partial charge in [-0.2, -0.15) is 0 Å². The fraction of sp³-hybridized carbons (Fsp3) is 0.250. The Labute approximate surface area is 124 Å². The Hall–Kier alpha value is -1.71. The minimum atomic E-state index is 0.436. The number of hydrogen-bond donors (Lipinski definition) is 1. The third kappa shape index (κ3) is 3.89. The highest BCUT2D eigenvalue weighted by molar-refractivity contribution is 6.31. The molecule has 0 spiro atoms. The number of nitrogens with two attached hydrogens (primary N) is 1. The minimum absolute atomic E-state index is 0.436. The molecular formula is C16H18ClNO2. The molecule has 0 atom stereocenters. The lowest BCUT2D eigenvalue weighted by Crippen LogP contribution is -2.01. The molecule has 2 aromatic carbocycles. The number of nitrogen functional groups attached to an aromatic ring is 1. The Balaban J connectivity index is 2.00. The van der Waals surface area contributed by atoms with Crippen molar-refractivity contribution >= 4 is 17.3 Å². The van der Waals surface area contributed by atoms with Crippen LogP contribution in [0, 0.1) is 0 Å². The molecule has 0 aliphatic heterocycles. The number of anilines is 1. The molecule has 2 rings (SSSR count). The molecule has 0 unspecified atom stereocenters. The largest absolute Gasteiger partial charge is 0.494 e. The van der Waals surface area contributed by atoms with Crippen molar-refractivity contribution in [3.63, 3.8) is 0 Å². The molecule has 0 saturated heterocycles. The summed E-state index contributed by atoms with van der Waals surface area (Å²) in [6.45, 7) is 3.46. The van der Waals surface area contributed by atoms with Crippen molar-refractivity contribution in [1.82, 2.24) is 0 Å². The van der Waals surface area contributed by atoms with Crippen LogP contribution in [0.3, 0.4) is 0 Å². The summed E-state index contributed by atoms with van der Waals surface area (Å²) in [7, 11) is 0. The van der Waals surface area contributed by atoms with Crippen molar-refractivity contribution < 1.29 is 9.47 Å². The zero-order chi connectivity index (χ0) is 14.4. The molecule has 0 saturated carbocycles. The molecule has 106 valence electrons. The highest BCUT2D eigenvalue weighted by Crippen LogP contribution is 2.23. The molecule has 0 aliphatic rings. The summed E-state index contributed by atoms with van der Waals surface area (Å²) in [5.74, 6) is 0.806. The summed E-state index contributed by atoms with van der Waals surface area (Å²) in [6, 6.07) is 13.2. The van der Waals surface area contributed by atoms with Gasteiger partial charge in [-0.25, -0.2) is 0 Å². The molecule has 0 bridgehead atoms. The van der Waals surface area contributed by atoms with Gasteiger partial charge in [-0.3, -0.25) is 0 Å². The predicted octanol–water partition coefficient (Wildman–Crippen LogP) is 4.04. The van der Waals surface area contributed by atoms with Crippen molar-refractivity contribution in [3.8, 4) is 5.75 Å². The van der Waals surface area contributed by atoms with Gasteiger partial charge < -0.3 is 15.2 Å². The second kappa shape index (κ2) is 7.17. The summed E-state index contributed by atoms with van der Waals surface area (Å²) in [6.07, 6.45) is 0. The van der Waals surface area contributed by atoms with Crippen molar-refractivity contribution in [3.05, 3.63) is 58.6 Å². The van der Waals surface area contributed by atoms with E-state index in [0.717, 1.165) is 16.9 Å². The molecule has 0 heterocycles. The quantitative estimate of drug-likeness (QED) is 0.817. The summed E-state index contributed by atoms with van der Waals surface area (Å²) < 4.78 is 11.3. The topological polar surface area (TPSA) is 44.5 Å². The lowest BCUT2D eigenvalue weighted by molar-refractivity contribution is 0.105. The fourth-order valence-corrected chi connectivity index (χ4v) is 2.09. The van der Waals surface area contributed by atoms with Gasteiger partial charge in [0.05, 0.1) is 19.8 Å². The lowest BCUT2D eigenvalue weighted by Gasteiger charge is -2.12. The summed E-state index contributed by atoms with van der Waals surface area (Å²) in [5.41, 5.74) is 8.41. The van der Waals surface area contributed by atoms with Crippen LogP contribution in [0.4, 0.5) is 5.69 Å². The smallest absolute Gasteiger partial charge is 0.124 e. The second-order valence-electron chi connectivity index (χ2n) is 4.38. The van der Waals surface area contributed by atoms with Crippen LogP contribution in [0.15, 0.2) is 42.5 Å². The molecule has 0 radical (unpaired) electrons. The SMILES string of the molecule is CCOc1ccc(N)cc1COCc1ccccc1Cl. The van der Waals surface area contributed by atoms with Gasteiger partial charge in [0.1, 0.15) is 5.75 Å². The standard InChI is InChI=1S/C16H18ClNO2/c1-2-20-16-8-7-14(18)9-13(16)11-19-10-12-5-3-4-6-15(12)17/h3-9H,2,10-11,18H2,1H3. The molecule has 2 aromatic rings. The van der Waals surface area contributed by atoms with Crippen molar-refractivity contribution in [2.24, 2.45) is 0 Å². The van der Waals surface area contributed by atoms with Gasteiger partial charge in [-0.1, -0.05) is 29.8 Å². The number of ether oxygens (including phenoxy) is 2. The maximum atomic E-state index is 6.09. The zero-order valence-corrected chi connectivity index (χ0v) is 12.2. The minimum Gasteiger partial charge on any atom is -0.494 e. The Kier molecular flexibility index (Phi) is 5.27. The summed E-state index contributed by atoms with van der Waals surface area (Å²) in [5, 5.41) is 0.713. The molecule has 0 fully saturated rings. The van der Waals surface area contributed by atoms with Crippen molar-refractivity contribution in [2.45, 2.75) is 20.1 Å². The van der Waals surface area contributed by atoms with E-state index in [1.807, 2.05) is 49.4 Å². The van der Waals surface area contributed by atoms with Crippen LogP contribution in [0.1, 0.15) is 18.1 Å². The first kappa shape index (κ1) is 14.7. The molecule has 0 aromatic heterocycles. The summed E-state index contributed by atoms with van der Waals surface area (Å²) >= 11 is 6.09. The van der Waals surface area contributed by atoms with Gasteiger partial charge in [-0.05, 0) is 36.8 Å². The molecule has 4 heteroatoms. The van der Waals surface area contributed by atoms with Gasteiger partial charge in [0.25, 0.3) is 0 Å². The monoisotopic (exact) mass is 291 g/mol. The molecule has 20 heavy (non-hydrogen) atoms. The first-order valence-corrected chi connectivity index (χ1v) is 6.91. The Morgan fingerprint density at radius 2 is 1.80 bits per heavy atom. The first-order chi connectivity index (χ1) is 9.70. The van der Waals surface area contributed by atoms with Crippen LogP contribution < -0.4 is 10.5 Å². The Bertz CT molecular complexity index is 572. The molecular weight excluding hydrogens is 274 g/mol. The van der Waals surface area contributed by atoms with Crippen LogP contribution in [0.5, 0.6) is 5.75 Å². The van der Waals surface area contributed by atoms with E-state index in [1.165, 1.54) is 0 Å². The number of rotatable bonds is 6. The Morgan fingerprint density at radius 1 is 1.05 bits per heavy atom. The molecule has 3 nitrogen and oxygen atoms in total.